The molecule has 0 bridgehead atoms. The van der Waals surface area contributed by atoms with Gasteiger partial charge in [0.1, 0.15) is 0 Å². The maximum Gasteiger partial charge on any atom is 0.237 e. The normalized spacial score (nSPS) is 17.6. The molecule has 1 amide bonds. The van der Waals surface area contributed by atoms with E-state index in [9.17, 15) is 4.79 Å². The van der Waals surface area contributed by atoms with Crippen molar-refractivity contribution in [3.8, 4) is 0 Å². The Morgan fingerprint density at radius 2 is 1.79 bits per heavy atom. The fourth-order valence-corrected chi connectivity index (χ4v) is 4.64. The van der Waals surface area contributed by atoms with Crippen LogP contribution in [0.25, 0.3) is 10.9 Å². The molecule has 1 N–H and O–H groups in total. The first kappa shape index (κ1) is 18.3. The van der Waals surface area contributed by atoms with Gasteiger partial charge in [0, 0.05) is 73.5 Å². The highest BCUT2D eigenvalue weighted by Gasteiger charge is 2.26. The SMILES string of the molecule is Cc1ccc2[nH]c3c(c2c1)CN(C(=O)CN1CCN(c2ccccc2)CC1)CC3. The average Bonchev–Trinajstić information content (AvgIpc) is 3.12. The predicted octanol–water partition coefficient (Wildman–Crippen LogP) is 3.18. The molecule has 3 aromatic rings. The number of aryl methyl sites for hydroxylation is 1. The number of H-pyrrole nitrogens is 1. The third-order valence-corrected chi connectivity index (χ3v) is 6.34. The van der Waals surface area contributed by atoms with E-state index in [1.165, 1.54) is 33.4 Å². The number of para-hydroxylation sites is 1. The maximum absolute atomic E-state index is 13.0. The molecule has 2 aromatic carbocycles. The molecule has 0 radical (unpaired) electrons. The van der Waals surface area contributed by atoms with Crippen molar-refractivity contribution in [2.75, 3.05) is 44.2 Å². The van der Waals surface area contributed by atoms with Gasteiger partial charge in [0.2, 0.25) is 5.91 Å². The van der Waals surface area contributed by atoms with Crippen molar-refractivity contribution in [3.63, 3.8) is 0 Å². The minimum absolute atomic E-state index is 0.255. The van der Waals surface area contributed by atoms with Gasteiger partial charge in [-0.1, -0.05) is 29.8 Å². The maximum atomic E-state index is 13.0. The standard InChI is InChI=1S/C24H28N4O/c1-18-7-8-22-20(15-18)21-16-28(10-9-23(21)25-22)24(29)17-26-11-13-27(14-12-26)19-5-3-2-4-6-19/h2-8,15,25H,9-14,16-17H2,1H3. The Balaban J connectivity index is 1.21. The zero-order chi connectivity index (χ0) is 19.8. The summed E-state index contributed by atoms with van der Waals surface area (Å²) in [4.78, 5) is 23.3. The van der Waals surface area contributed by atoms with Crippen LogP contribution in [0.1, 0.15) is 16.8 Å². The summed E-state index contributed by atoms with van der Waals surface area (Å²) in [5.41, 5.74) is 6.32. The number of hydrogen-bond donors (Lipinski definition) is 1. The summed E-state index contributed by atoms with van der Waals surface area (Å²) in [5.74, 6) is 0.255. The molecule has 0 unspecified atom stereocenters. The van der Waals surface area contributed by atoms with E-state index >= 15 is 0 Å². The fourth-order valence-electron chi connectivity index (χ4n) is 4.64. The van der Waals surface area contributed by atoms with Gasteiger partial charge in [-0.25, -0.2) is 0 Å². The van der Waals surface area contributed by atoms with Crippen LogP contribution in [0, 0.1) is 6.92 Å². The van der Waals surface area contributed by atoms with Crippen LogP contribution < -0.4 is 4.90 Å². The molecule has 5 heteroatoms. The zero-order valence-electron chi connectivity index (χ0n) is 17.0. The summed E-state index contributed by atoms with van der Waals surface area (Å²) in [6, 6.07) is 17.1. The van der Waals surface area contributed by atoms with Crippen molar-refractivity contribution in [2.45, 2.75) is 19.9 Å². The highest BCUT2D eigenvalue weighted by atomic mass is 16.2. The highest BCUT2D eigenvalue weighted by molar-refractivity contribution is 5.87. The number of aromatic nitrogens is 1. The molecule has 1 saturated heterocycles. The summed E-state index contributed by atoms with van der Waals surface area (Å²) < 4.78 is 0. The number of aromatic amines is 1. The zero-order valence-corrected chi connectivity index (χ0v) is 17.0. The number of fused-ring (bicyclic) bond motifs is 3. The van der Waals surface area contributed by atoms with Crippen LogP contribution >= 0.6 is 0 Å². The van der Waals surface area contributed by atoms with E-state index in [0.29, 0.717) is 6.54 Å². The molecule has 0 spiro atoms. The van der Waals surface area contributed by atoms with E-state index in [4.69, 9.17) is 0 Å². The number of rotatable bonds is 3. The molecular weight excluding hydrogens is 360 g/mol. The van der Waals surface area contributed by atoms with Gasteiger partial charge in [0.15, 0.2) is 0 Å². The van der Waals surface area contributed by atoms with Crippen LogP contribution in [-0.4, -0.2) is 60.0 Å². The largest absolute Gasteiger partial charge is 0.369 e. The average molecular weight is 389 g/mol. The number of nitrogens with zero attached hydrogens (tertiary/aromatic N) is 3. The lowest BCUT2D eigenvalue weighted by Crippen LogP contribution is -2.50. The van der Waals surface area contributed by atoms with Crippen molar-refractivity contribution in [2.24, 2.45) is 0 Å². The van der Waals surface area contributed by atoms with Gasteiger partial charge in [0.05, 0.1) is 6.54 Å². The number of benzene rings is 2. The van der Waals surface area contributed by atoms with Crippen molar-refractivity contribution < 1.29 is 4.79 Å². The lowest BCUT2D eigenvalue weighted by atomic mass is 10.0. The molecule has 1 aromatic heterocycles. The van der Waals surface area contributed by atoms with E-state index < -0.39 is 0 Å². The Labute approximate surface area is 171 Å². The molecule has 0 atom stereocenters. The predicted molar refractivity (Wildman–Crippen MR) is 117 cm³/mol. The molecule has 1 fully saturated rings. The van der Waals surface area contributed by atoms with Gasteiger partial charge in [-0.15, -0.1) is 0 Å². The molecule has 2 aliphatic heterocycles. The first-order valence-corrected chi connectivity index (χ1v) is 10.6. The molecule has 0 saturated carbocycles. The van der Waals surface area contributed by atoms with Crippen LogP contribution in [0.4, 0.5) is 5.69 Å². The van der Waals surface area contributed by atoms with E-state index in [0.717, 1.165) is 45.7 Å². The molecular formula is C24H28N4O. The first-order chi connectivity index (χ1) is 14.2. The van der Waals surface area contributed by atoms with E-state index in [-0.39, 0.29) is 5.91 Å². The first-order valence-electron chi connectivity index (χ1n) is 10.6. The second-order valence-electron chi connectivity index (χ2n) is 8.30. The second kappa shape index (κ2) is 7.56. The summed E-state index contributed by atoms with van der Waals surface area (Å²) >= 11 is 0. The van der Waals surface area contributed by atoms with Crippen LogP contribution in [-0.2, 0) is 17.8 Å². The van der Waals surface area contributed by atoms with Gasteiger partial charge >= 0.3 is 0 Å². The van der Waals surface area contributed by atoms with E-state index in [2.05, 4.69) is 70.2 Å². The molecule has 3 heterocycles. The third kappa shape index (κ3) is 3.62. The Hall–Kier alpha value is -2.79. The number of hydrogen-bond acceptors (Lipinski definition) is 3. The van der Waals surface area contributed by atoms with Crippen LogP contribution in [0.15, 0.2) is 48.5 Å². The Bertz CT molecular complexity index is 1020. The minimum atomic E-state index is 0.255. The number of nitrogens with one attached hydrogen (secondary N) is 1. The van der Waals surface area contributed by atoms with Gasteiger partial charge < -0.3 is 14.8 Å². The highest BCUT2D eigenvalue weighted by Crippen LogP contribution is 2.28. The van der Waals surface area contributed by atoms with Crippen molar-refractivity contribution in [1.29, 1.82) is 0 Å². The number of carbonyl (C=O) groups excluding carboxylic acids is 1. The fraction of sp³-hybridized carbons (Fsp3) is 0.375. The van der Waals surface area contributed by atoms with Crippen molar-refractivity contribution in [3.05, 3.63) is 65.4 Å². The van der Waals surface area contributed by atoms with Crippen LogP contribution in [0.5, 0.6) is 0 Å². The van der Waals surface area contributed by atoms with Crippen molar-refractivity contribution >= 4 is 22.5 Å². The van der Waals surface area contributed by atoms with Gasteiger partial charge in [-0.05, 0) is 31.2 Å². The topological polar surface area (TPSA) is 42.6 Å². The lowest BCUT2D eigenvalue weighted by molar-refractivity contribution is -0.133. The second-order valence-corrected chi connectivity index (χ2v) is 8.30. The van der Waals surface area contributed by atoms with Crippen LogP contribution in [0.2, 0.25) is 0 Å². The smallest absolute Gasteiger partial charge is 0.237 e. The monoisotopic (exact) mass is 388 g/mol. The Morgan fingerprint density at radius 3 is 2.59 bits per heavy atom. The number of carbonyl (C=O) groups is 1. The summed E-state index contributed by atoms with van der Waals surface area (Å²) in [7, 11) is 0. The summed E-state index contributed by atoms with van der Waals surface area (Å²) in [5, 5.41) is 1.27. The summed E-state index contributed by atoms with van der Waals surface area (Å²) in [6.07, 6.45) is 0.913. The third-order valence-electron chi connectivity index (χ3n) is 6.34. The number of anilines is 1. The van der Waals surface area contributed by atoms with E-state index in [1.807, 2.05) is 4.90 Å². The summed E-state index contributed by atoms with van der Waals surface area (Å²) in [6.45, 7) is 8.01. The lowest BCUT2D eigenvalue weighted by Gasteiger charge is -2.37. The van der Waals surface area contributed by atoms with Gasteiger partial charge in [-0.2, -0.15) is 0 Å². The van der Waals surface area contributed by atoms with E-state index in [1.54, 1.807) is 0 Å². The number of piperazine rings is 1. The molecule has 0 aliphatic carbocycles. The molecule has 150 valence electrons. The minimum Gasteiger partial charge on any atom is -0.369 e. The van der Waals surface area contributed by atoms with Gasteiger partial charge in [-0.3, -0.25) is 9.69 Å². The molecule has 29 heavy (non-hydrogen) atoms. The van der Waals surface area contributed by atoms with Crippen molar-refractivity contribution in [1.82, 2.24) is 14.8 Å². The number of amides is 1. The Morgan fingerprint density at radius 1 is 1.00 bits per heavy atom. The quantitative estimate of drug-likeness (QED) is 0.749. The Kier molecular flexibility index (Phi) is 4.76. The molecule has 2 aliphatic rings. The molecule has 5 nitrogen and oxygen atoms in total. The van der Waals surface area contributed by atoms with Gasteiger partial charge in [0.25, 0.3) is 0 Å². The molecule has 5 rings (SSSR count). The van der Waals surface area contributed by atoms with Crippen LogP contribution in [0.3, 0.4) is 0 Å².